The molecule has 7 nitrogen and oxygen atoms in total. The molecule has 26 heavy (non-hydrogen) atoms. The summed E-state index contributed by atoms with van der Waals surface area (Å²) in [7, 11) is 3.99. The monoisotopic (exact) mass is 348 g/mol. The number of anilines is 5. The molecule has 1 heterocycles. The summed E-state index contributed by atoms with van der Waals surface area (Å²) in [6.07, 6.45) is 1.55. The van der Waals surface area contributed by atoms with E-state index < -0.39 is 0 Å². The summed E-state index contributed by atoms with van der Waals surface area (Å²) < 4.78 is 0. The lowest BCUT2D eigenvalue weighted by atomic mass is 10.1. The Bertz CT molecular complexity index is 908. The van der Waals surface area contributed by atoms with Gasteiger partial charge in [-0.05, 0) is 43.3 Å². The van der Waals surface area contributed by atoms with Crippen LogP contribution in [0.5, 0.6) is 0 Å². The summed E-state index contributed by atoms with van der Waals surface area (Å²) >= 11 is 0. The maximum atomic E-state index is 11.5. The Kier molecular flexibility index (Phi) is 5.07. The van der Waals surface area contributed by atoms with Crippen molar-refractivity contribution >= 4 is 34.6 Å². The predicted octanol–water partition coefficient (Wildman–Crippen LogP) is 3.63. The van der Waals surface area contributed by atoms with Crippen LogP contribution in [-0.2, 0) is 0 Å². The summed E-state index contributed by atoms with van der Waals surface area (Å²) in [5, 5.41) is 14.2. The Labute approximate surface area is 152 Å². The van der Waals surface area contributed by atoms with Gasteiger partial charge in [-0.1, -0.05) is 12.1 Å². The van der Waals surface area contributed by atoms with Crippen molar-refractivity contribution in [3.63, 3.8) is 0 Å². The summed E-state index contributed by atoms with van der Waals surface area (Å²) in [5.41, 5.74) is 3.37. The lowest BCUT2D eigenvalue weighted by Gasteiger charge is -2.13. The average molecular weight is 348 g/mol. The van der Waals surface area contributed by atoms with Crippen LogP contribution in [-0.4, -0.2) is 35.1 Å². The normalized spacial score (nSPS) is 10.3. The smallest absolute Gasteiger partial charge is 0.249 e. The molecular formula is C19H20N6O. The van der Waals surface area contributed by atoms with E-state index in [2.05, 4.69) is 25.8 Å². The number of carbonyl (C=O) groups excluding carboxylic acids is 1. The lowest BCUT2D eigenvalue weighted by Crippen LogP contribution is -2.08. The highest BCUT2D eigenvalue weighted by atomic mass is 16.1. The van der Waals surface area contributed by atoms with Crippen LogP contribution in [0.3, 0.4) is 0 Å². The zero-order valence-electron chi connectivity index (χ0n) is 14.9. The number of Topliss-reactive ketones (excluding diaryl/α,β-unsaturated/α-hetero) is 1. The number of nitrogens with zero attached hydrogens (tertiary/aromatic N) is 4. The fourth-order valence-electron chi connectivity index (χ4n) is 2.35. The number of hydrogen-bond donors (Lipinski definition) is 2. The Hall–Kier alpha value is -3.48. The fourth-order valence-corrected chi connectivity index (χ4v) is 2.35. The number of carbonyl (C=O) groups is 1. The number of benzene rings is 2. The minimum Gasteiger partial charge on any atom is -0.378 e. The maximum absolute atomic E-state index is 11.5. The molecule has 3 rings (SSSR count). The Balaban J connectivity index is 1.74. The molecule has 0 aliphatic heterocycles. The molecule has 0 saturated carbocycles. The Morgan fingerprint density at radius 2 is 1.77 bits per heavy atom. The highest BCUT2D eigenvalue weighted by Crippen LogP contribution is 2.20. The van der Waals surface area contributed by atoms with Gasteiger partial charge >= 0.3 is 0 Å². The topological polar surface area (TPSA) is 83.0 Å². The van der Waals surface area contributed by atoms with E-state index in [9.17, 15) is 4.79 Å². The molecule has 0 unspecified atom stereocenters. The van der Waals surface area contributed by atoms with Gasteiger partial charge in [0.25, 0.3) is 0 Å². The molecule has 0 aliphatic rings. The zero-order valence-corrected chi connectivity index (χ0v) is 14.9. The van der Waals surface area contributed by atoms with Crippen LogP contribution >= 0.6 is 0 Å². The molecule has 0 saturated heterocycles. The zero-order chi connectivity index (χ0) is 18.5. The molecular weight excluding hydrogens is 328 g/mol. The van der Waals surface area contributed by atoms with Gasteiger partial charge < -0.3 is 15.5 Å². The minimum absolute atomic E-state index is 0.00396. The Morgan fingerprint density at radius 3 is 2.46 bits per heavy atom. The van der Waals surface area contributed by atoms with E-state index in [-0.39, 0.29) is 5.78 Å². The molecule has 0 fully saturated rings. The molecule has 0 bridgehead atoms. The van der Waals surface area contributed by atoms with E-state index >= 15 is 0 Å². The first-order chi connectivity index (χ1) is 12.5. The fraction of sp³-hybridized carbons (Fsp3) is 0.158. The number of nitrogens with one attached hydrogen (secondary N) is 2. The van der Waals surface area contributed by atoms with Crippen LogP contribution in [0.1, 0.15) is 17.3 Å². The largest absolute Gasteiger partial charge is 0.378 e. The maximum Gasteiger partial charge on any atom is 0.249 e. The molecule has 0 spiro atoms. The van der Waals surface area contributed by atoms with Crippen molar-refractivity contribution < 1.29 is 4.79 Å². The first-order valence-electron chi connectivity index (χ1n) is 8.13. The third-order valence-corrected chi connectivity index (χ3v) is 3.74. The van der Waals surface area contributed by atoms with Gasteiger partial charge in [-0.25, -0.2) is 0 Å². The highest BCUT2D eigenvalue weighted by molar-refractivity contribution is 5.95. The van der Waals surface area contributed by atoms with E-state index in [1.807, 2.05) is 49.3 Å². The van der Waals surface area contributed by atoms with Gasteiger partial charge in [0.1, 0.15) is 0 Å². The third kappa shape index (κ3) is 4.32. The van der Waals surface area contributed by atoms with Gasteiger partial charge in [-0.3, -0.25) is 4.79 Å². The van der Waals surface area contributed by atoms with E-state index in [1.54, 1.807) is 24.4 Å². The number of ketones is 1. The molecule has 0 aliphatic carbocycles. The molecule has 1 aromatic heterocycles. The van der Waals surface area contributed by atoms with Crippen molar-refractivity contribution in [2.75, 3.05) is 29.6 Å². The second kappa shape index (κ2) is 7.60. The van der Waals surface area contributed by atoms with Crippen LogP contribution in [0.4, 0.5) is 28.8 Å². The SMILES string of the molecule is CC(=O)c1cccc(Nc2nncc(Nc3ccc(N(C)C)cc3)n2)c1. The molecule has 0 amide bonds. The third-order valence-electron chi connectivity index (χ3n) is 3.74. The molecule has 2 N–H and O–H groups in total. The molecule has 0 radical (unpaired) electrons. The molecule has 2 aromatic carbocycles. The van der Waals surface area contributed by atoms with Crippen LogP contribution in [0.25, 0.3) is 0 Å². The van der Waals surface area contributed by atoms with Crippen LogP contribution in [0.2, 0.25) is 0 Å². The molecule has 7 heteroatoms. The molecule has 3 aromatic rings. The van der Waals surface area contributed by atoms with Crippen molar-refractivity contribution in [2.45, 2.75) is 6.92 Å². The lowest BCUT2D eigenvalue weighted by molar-refractivity contribution is 0.101. The van der Waals surface area contributed by atoms with Crippen molar-refractivity contribution in [3.05, 3.63) is 60.3 Å². The summed E-state index contributed by atoms with van der Waals surface area (Å²) in [6.45, 7) is 1.53. The number of rotatable bonds is 6. The Morgan fingerprint density at radius 1 is 1.00 bits per heavy atom. The number of hydrogen-bond acceptors (Lipinski definition) is 7. The van der Waals surface area contributed by atoms with Crippen molar-refractivity contribution in [3.8, 4) is 0 Å². The standard InChI is InChI=1S/C19H20N6O/c1-13(26)14-5-4-6-16(11-14)22-19-23-18(12-20-24-19)21-15-7-9-17(10-8-15)25(2)3/h4-12H,1-3H3,(H2,21,22,23,24). The van der Waals surface area contributed by atoms with Gasteiger partial charge in [-0.15, -0.1) is 5.10 Å². The second-order valence-electron chi connectivity index (χ2n) is 5.99. The van der Waals surface area contributed by atoms with E-state index in [0.29, 0.717) is 17.3 Å². The van der Waals surface area contributed by atoms with Crippen LogP contribution in [0.15, 0.2) is 54.7 Å². The quantitative estimate of drug-likeness (QED) is 0.658. The summed E-state index contributed by atoms with van der Waals surface area (Å²) in [5.74, 6) is 0.924. The van der Waals surface area contributed by atoms with Gasteiger partial charge in [0.15, 0.2) is 11.6 Å². The minimum atomic E-state index is 0.00396. The van der Waals surface area contributed by atoms with Crippen molar-refractivity contribution in [2.24, 2.45) is 0 Å². The molecule has 0 atom stereocenters. The van der Waals surface area contributed by atoms with Gasteiger partial charge in [0.05, 0.1) is 6.20 Å². The average Bonchev–Trinajstić information content (AvgIpc) is 2.62. The second-order valence-corrected chi connectivity index (χ2v) is 5.99. The highest BCUT2D eigenvalue weighted by Gasteiger charge is 2.05. The first kappa shape index (κ1) is 17.3. The van der Waals surface area contributed by atoms with Gasteiger partial charge in [-0.2, -0.15) is 10.1 Å². The predicted molar refractivity (Wildman–Crippen MR) is 104 cm³/mol. The summed E-state index contributed by atoms with van der Waals surface area (Å²) in [6, 6.07) is 15.2. The van der Waals surface area contributed by atoms with Crippen molar-refractivity contribution in [1.82, 2.24) is 15.2 Å². The first-order valence-corrected chi connectivity index (χ1v) is 8.13. The summed E-state index contributed by atoms with van der Waals surface area (Å²) in [4.78, 5) is 17.9. The van der Waals surface area contributed by atoms with Crippen molar-refractivity contribution in [1.29, 1.82) is 0 Å². The van der Waals surface area contributed by atoms with Crippen LogP contribution in [0, 0.1) is 0 Å². The van der Waals surface area contributed by atoms with E-state index in [0.717, 1.165) is 17.1 Å². The van der Waals surface area contributed by atoms with E-state index in [1.165, 1.54) is 6.92 Å². The van der Waals surface area contributed by atoms with Crippen LogP contribution < -0.4 is 15.5 Å². The molecule has 132 valence electrons. The van der Waals surface area contributed by atoms with E-state index in [4.69, 9.17) is 0 Å². The van der Waals surface area contributed by atoms with Gasteiger partial charge in [0, 0.05) is 36.7 Å². The number of aromatic nitrogens is 3. The van der Waals surface area contributed by atoms with Gasteiger partial charge in [0.2, 0.25) is 5.95 Å².